The molecule has 0 bridgehead atoms. The van der Waals surface area contributed by atoms with Gasteiger partial charge in [-0.3, -0.25) is 0 Å². The van der Waals surface area contributed by atoms with Gasteiger partial charge < -0.3 is 15.3 Å². The molecular weight excluding hydrogens is 220 g/mol. The van der Waals surface area contributed by atoms with Crippen LogP contribution in [-0.2, 0) is 4.79 Å². The van der Waals surface area contributed by atoms with E-state index >= 15 is 0 Å². The van der Waals surface area contributed by atoms with Gasteiger partial charge in [-0.15, -0.1) is 0 Å². The van der Waals surface area contributed by atoms with Gasteiger partial charge in [-0.05, 0) is 25.2 Å². The fourth-order valence-electron chi connectivity index (χ4n) is 2.31. The maximum atomic E-state index is 12.0. The van der Waals surface area contributed by atoms with Crippen molar-refractivity contribution in [1.82, 2.24) is 10.2 Å². The fourth-order valence-corrected chi connectivity index (χ4v) is 2.31. The third kappa shape index (κ3) is 3.35. The molecule has 1 rings (SSSR count). The second-order valence-electron chi connectivity index (χ2n) is 5.35. The molecule has 1 aliphatic rings. The number of carboxylic acid groups (broad SMARTS) is 1. The number of urea groups is 1. The Hall–Kier alpha value is -1.26. The maximum absolute atomic E-state index is 12.0. The number of hydrogen-bond acceptors (Lipinski definition) is 2. The number of carbonyl (C=O) groups is 2. The first-order valence-corrected chi connectivity index (χ1v) is 6.12. The van der Waals surface area contributed by atoms with Gasteiger partial charge in [-0.25, -0.2) is 9.59 Å². The number of carboxylic acids is 1. The van der Waals surface area contributed by atoms with Crippen LogP contribution in [0.15, 0.2) is 0 Å². The van der Waals surface area contributed by atoms with Crippen molar-refractivity contribution in [2.24, 2.45) is 11.8 Å². The summed E-state index contributed by atoms with van der Waals surface area (Å²) in [5.74, 6) is -0.613. The molecule has 5 heteroatoms. The third-order valence-electron chi connectivity index (χ3n) is 3.26. The van der Waals surface area contributed by atoms with Crippen LogP contribution in [0.1, 0.15) is 34.1 Å². The van der Waals surface area contributed by atoms with E-state index in [1.54, 1.807) is 18.7 Å². The van der Waals surface area contributed by atoms with E-state index < -0.39 is 12.0 Å². The van der Waals surface area contributed by atoms with Crippen molar-refractivity contribution in [3.05, 3.63) is 0 Å². The Morgan fingerprint density at radius 3 is 2.29 bits per heavy atom. The number of amides is 2. The van der Waals surface area contributed by atoms with Gasteiger partial charge in [0.1, 0.15) is 6.04 Å². The number of nitrogens with zero attached hydrogens (tertiary/aromatic N) is 1. The first-order valence-electron chi connectivity index (χ1n) is 6.12. The average molecular weight is 242 g/mol. The molecule has 0 aliphatic carbocycles. The molecule has 1 fully saturated rings. The molecule has 5 nitrogen and oxygen atoms in total. The van der Waals surface area contributed by atoms with E-state index in [0.717, 1.165) is 6.42 Å². The molecule has 98 valence electrons. The molecular formula is C12H22N2O3. The summed E-state index contributed by atoms with van der Waals surface area (Å²) in [7, 11) is 0. The number of nitrogens with one attached hydrogen (secondary N) is 1. The van der Waals surface area contributed by atoms with Crippen LogP contribution in [0, 0.1) is 11.8 Å². The van der Waals surface area contributed by atoms with Crippen molar-refractivity contribution < 1.29 is 14.7 Å². The maximum Gasteiger partial charge on any atom is 0.326 e. The van der Waals surface area contributed by atoms with E-state index in [-0.39, 0.29) is 18.0 Å². The lowest BCUT2D eigenvalue weighted by Gasteiger charge is -2.25. The Balaban J connectivity index is 2.62. The molecule has 17 heavy (non-hydrogen) atoms. The summed E-state index contributed by atoms with van der Waals surface area (Å²) in [5.41, 5.74) is 0. The summed E-state index contributed by atoms with van der Waals surface area (Å²) in [6, 6.07) is -0.889. The number of rotatable bonds is 3. The van der Waals surface area contributed by atoms with Crippen LogP contribution < -0.4 is 5.32 Å². The molecule has 0 radical (unpaired) electrons. The Morgan fingerprint density at radius 1 is 1.35 bits per heavy atom. The summed E-state index contributed by atoms with van der Waals surface area (Å²) < 4.78 is 0. The number of likely N-dealkylation sites (tertiary alicyclic amines) is 1. The van der Waals surface area contributed by atoms with Crippen molar-refractivity contribution in [1.29, 1.82) is 0 Å². The monoisotopic (exact) mass is 242 g/mol. The lowest BCUT2D eigenvalue weighted by atomic mass is 10.1. The zero-order chi connectivity index (χ0) is 13.2. The zero-order valence-corrected chi connectivity index (χ0v) is 10.9. The smallest absolute Gasteiger partial charge is 0.326 e. The van der Waals surface area contributed by atoms with E-state index in [1.165, 1.54) is 0 Å². The van der Waals surface area contributed by atoms with Gasteiger partial charge in [0.2, 0.25) is 0 Å². The molecule has 1 saturated heterocycles. The summed E-state index contributed by atoms with van der Waals surface area (Å²) >= 11 is 0. The van der Waals surface area contributed by atoms with E-state index in [9.17, 15) is 9.59 Å². The molecule has 1 aliphatic heterocycles. The molecule has 0 spiro atoms. The Bertz CT molecular complexity index is 304. The summed E-state index contributed by atoms with van der Waals surface area (Å²) in [6.07, 6.45) is 0.979. The third-order valence-corrected chi connectivity index (χ3v) is 3.26. The minimum Gasteiger partial charge on any atom is -0.480 e. The second-order valence-corrected chi connectivity index (χ2v) is 5.35. The van der Waals surface area contributed by atoms with Crippen LogP contribution >= 0.6 is 0 Å². The Kier molecular flexibility index (Phi) is 4.37. The van der Waals surface area contributed by atoms with Crippen LogP contribution in [0.5, 0.6) is 0 Å². The lowest BCUT2D eigenvalue weighted by Crippen LogP contribution is -2.51. The van der Waals surface area contributed by atoms with Crippen LogP contribution in [0.3, 0.4) is 0 Å². The van der Waals surface area contributed by atoms with Crippen LogP contribution in [0.25, 0.3) is 0 Å². The highest BCUT2D eigenvalue weighted by molar-refractivity contribution is 5.83. The van der Waals surface area contributed by atoms with Crippen LogP contribution in [0.4, 0.5) is 4.79 Å². The average Bonchev–Trinajstić information content (AvgIpc) is 2.53. The Morgan fingerprint density at radius 2 is 1.94 bits per heavy atom. The van der Waals surface area contributed by atoms with Crippen LogP contribution in [-0.4, -0.2) is 40.6 Å². The topological polar surface area (TPSA) is 69.6 Å². The largest absolute Gasteiger partial charge is 0.480 e. The van der Waals surface area contributed by atoms with Crippen molar-refractivity contribution in [2.45, 2.75) is 46.2 Å². The number of carbonyl (C=O) groups excluding carboxylic acids is 1. The number of hydrogen-bond donors (Lipinski definition) is 2. The van der Waals surface area contributed by atoms with Crippen molar-refractivity contribution >= 4 is 12.0 Å². The predicted molar refractivity (Wildman–Crippen MR) is 64.7 cm³/mol. The molecule has 2 amide bonds. The van der Waals surface area contributed by atoms with Gasteiger partial charge in [0.25, 0.3) is 0 Å². The zero-order valence-electron chi connectivity index (χ0n) is 10.9. The van der Waals surface area contributed by atoms with Gasteiger partial charge in [-0.2, -0.15) is 0 Å². The Labute approximate surface area is 102 Å². The highest BCUT2D eigenvalue weighted by Crippen LogP contribution is 2.22. The minimum atomic E-state index is -0.978. The summed E-state index contributed by atoms with van der Waals surface area (Å²) in [4.78, 5) is 24.7. The quantitative estimate of drug-likeness (QED) is 0.788. The first kappa shape index (κ1) is 13.8. The minimum absolute atomic E-state index is 0.119. The van der Waals surface area contributed by atoms with Gasteiger partial charge in [-0.1, -0.05) is 20.8 Å². The number of aliphatic carboxylic acids is 1. The molecule has 2 unspecified atom stereocenters. The van der Waals surface area contributed by atoms with E-state index in [2.05, 4.69) is 12.2 Å². The van der Waals surface area contributed by atoms with E-state index in [1.807, 2.05) is 6.92 Å². The summed E-state index contributed by atoms with van der Waals surface area (Å²) in [5, 5.41) is 11.6. The highest BCUT2D eigenvalue weighted by atomic mass is 16.4. The van der Waals surface area contributed by atoms with Crippen molar-refractivity contribution in [3.63, 3.8) is 0 Å². The van der Waals surface area contributed by atoms with Gasteiger partial charge in [0, 0.05) is 12.6 Å². The standard InChI is InChI=1S/C12H22N2O3/c1-7(2)10(11(15)16)13-12(17)14-6-8(3)5-9(14)4/h7-10H,5-6H2,1-4H3,(H,13,17)(H,15,16)/t8?,9?,10-/m0/s1. The van der Waals surface area contributed by atoms with E-state index in [0.29, 0.717) is 12.5 Å². The second kappa shape index (κ2) is 5.38. The SMILES string of the molecule is CC1CC(C)N(C(=O)N[C@H](C(=O)O)C(C)C)C1. The molecule has 0 aromatic carbocycles. The van der Waals surface area contributed by atoms with E-state index in [4.69, 9.17) is 5.11 Å². The van der Waals surface area contributed by atoms with Gasteiger partial charge in [0.15, 0.2) is 0 Å². The highest BCUT2D eigenvalue weighted by Gasteiger charge is 2.32. The normalized spacial score (nSPS) is 26.1. The summed E-state index contributed by atoms with van der Waals surface area (Å²) in [6.45, 7) is 8.37. The molecule has 2 N–H and O–H groups in total. The van der Waals surface area contributed by atoms with Crippen molar-refractivity contribution in [2.75, 3.05) is 6.54 Å². The lowest BCUT2D eigenvalue weighted by molar-refractivity contribution is -0.140. The fraction of sp³-hybridized carbons (Fsp3) is 0.833. The van der Waals surface area contributed by atoms with Crippen LogP contribution in [0.2, 0.25) is 0 Å². The molecule has 0 aromatic rings. The predicted octanol–water partition coefficient (Wildman–Crippen LogP) is 1.54. The van der Waals surface area contributed by atoms with Gasteiger partial charge in [0.05, 0.1) is 0 Å². The first-order chi connectivity index (χ1) is 7.82. The molecule has 0 aromatic heterocycles. The molecule has 1 heterocycles. The molecule has 3 atom stereocenters. The van der Waals surface area contributed by atoms with Gasteiger partial charge >= 0.3 is 12.0 Å². The molecule has 0 saturated carbocycles. The van der Waals surface area contributed by atoms with Crippen molar-refractivity contribution in [3.8, 4) is 0 Å².